The molecular formula is C5H8N4O. The molecule has 0 saturated heterocycles. The van der Waals surface area contributed by atoms with Crippen LogP contribution in [0.25, 0.3) is 0 Å². The quantitative estimate of drug-likeness (QED) is 0.549. The molecule has 0 spiro atoms. The normalized spacial score (nSPS) is 9.70. The van der Waals surface area contributed by atoms with Gasteiger partial charge in [-0.1, -0.05) is 5.21 Å². The van der Waals surface area contributed by atoms with Crippen LogP contribution in [0, 0.1) is 0 Å². The molecule has 10 heavy (non-hydrogen) atoms. The third-order valence-electron chi connectivity index (χ3n) is 1.04. The lowest BCUT2D eigenvalue weighted by Crippen LogP contribution is -2.10. The molecule has 1 aromatic heterocycles. The van der Waals surface area contributed by atoms with Crippen LogP contribution in [0.4, 0.5) is 0 Å². The molecule has 0 fully saturated rings. The summed E-state index contributed by atoms with van der Waals surface area (Å²) >= 11 is 0. The van der Waals surface area contributed by atoms with Crippen molar-refractivity contribution in [3.05, 3.63) is 11.9 Å². The van der Waals surface area contributed by atoms with Crippen molar-refractivity contribution in [3.63, 3.8) is 0 Å². The first kappa shape index (κ1) is 6.88. The van der Waals surface area contributed by atoms with Gasteiger partial charge in [-0.15, -0.1) is 5.10 Å². The minimum absolute atomic E-state index is 0.341. The van der Waals surface area contributed by atoms with E-state index in [4.69, 9.17) is 5.73 Å². The molecule has 54 valence electrons. The fourth-order valence-corrected chi connectivity index (χ4v) is 0.609. The molecule has 1 rings (SSSR count). The number of carbonyl (C=O) groups is 1. The lowest BCUT2D eigenvalue weighted by molar-refractivity contribution is 0.111. The number of rotatable bonds is 3. The molecule has 2 N–H and O–H groups in total. The van der Waals surface area contributed by atoms with Crippen LogP contribution < -0.4 is 5.73 Å². The SMILES string of the molecule is NCCn1cc(C=O)nn1. The number of aromatic nitrogens is 3. The van der Waals surface area contributed by atoms with Gasteiger partial charge in [-0.05, 0) is 0 Å². The molecule has 0 amide bonds. The van der Waals surface area contributed by atoms with Crippen molar-refractivity contribution >= 4 is 6.29 Å². The number of nitrogens with two attached hydrogens (primary N) is 1. The highest BCUT2D eigenvalue weighted by molar-refractivity contribution is 5.70. The molecule has 0 bridgehead atoms. The van der Waals surface area contributed by atoms with E-state index in [1.807, 2.05) is 0 Å². The van der Waals surface area contributed by atoms with Crippen LogP contribution in [-0.2, 0) is 6.54 Å². The van der Waals surface area contributed by atoms with Crippen LogP contribution in [0.2, 0.25) is 0 Å². The lowest BCUT2D eigenvalue weighted by atomic mass is 10.5. The van der Waals surface area contributed by atoms with Crippen LogP contribution in [0.1, 0.15) is 10.5 Å². The van der Waals surface area contributed by atoms with Crippen molar-refractivity contribution in [2.75, 3.05) is 6.54 Å². The number of hydrogen-bond donors (Lipinski definition) is 1. The average Bonchev–Trinajstić information content (AvgIpc) is 2.37. The van der Waals surface area contributed by atoms with E-state index in [2.05, 4.69) is 10.3 Å². The number of aldehydes is 1. The fraction of sp³-hybridized carbons (Fsp3) is 0.400. The maximum absolute atomic E-state index is 10.1. The molecule has 0 saturated carbocycles. The highest BCUT2D eigenvalue weighted by Gasteiger charge is 1.95. The van der Waals surface area contributed by atoms with Crippen molar-refractivity contribution in [2.24, 2.45) is 5.73 Å². The zero-order chi connectivity index (χ0) is 7.40. The maximum atomic E-state index is 10.1. The van der Waals surface area contributed by atoms with Gasteiger partial charge in [0.25, 0.3) is 0 Å². The van der Waals surface area contributed by atoms with Crippen LogP contribution in [0.15, 0.2) is 6.20 Å². The smallest absolute Gasteiger partial charge is 0.171 e. The van der Waals surface area contributed by atoms with E-state index in [1.165, 1.54) is 4.68 Å². The lowest BCUT2D eigenvalue weighted by Gasteiger charge is -1.91. The van der Waals surface area contributed by atoms with E-state index in [1.54, 1.807) is 6.20 Å². The highest BCUT2D eigenvalue weighted by Crippen LogP contribution is 1.86. The Morgan fingerprint density at radius 1 is 1.80 bits per heavy atom. The van der Waals surface area contributed by atoms with Crippen molar-refractivity contribution in [1.29, 1.82) is 0 Å². The summed E-state index contributed by atoms with van der Waals surface area (Å²) in [4.78, 5) is 10.1. The maximum Gasteiger partial charge on any atom is 0.171 e. The molecule has 0 aliphatic carbocycles. The summed E-state index contributed by atoms with van der Waals surface area (Å²) in [5.41, 5.74) is 5.58. The summed E-state index contributed by atoms with van der Waals surface area (Å²) < 4.78 is 1.53. The monoisotopic (exact) mass is 140 g/mol. The number of hydrogen-bond acceptors (Lipinski definition) is 4. The van der Waals surface area contributed by atoms with Crippen molar-refractivity contribution in [2.45, 2.75) is 6.54 Å². The molecule has 0 radical (unpaired) electrons. The van der Waals surface area contributed by atoms with Gasteiger partial charge in [-0.3, -0.25) is 9.48 Å². The topological polar surface area (TPSA) is 73.8 Å². The van der Waals surface area contributed by atoms with Crippen molar-refractivity contribution < 1.29 is 4.79 Å². The zero-order valence-corrected chi connectivity index (χ0v) is 5.40. The molecule has 0 aromatic carbocycles. The molecular weight excluding hydrogens is 132 g/mol. The summed E-state index contributed by atoms with van der Waals surface area (Å²) in [7, 11) is 0. The van der Waals surface area contributed by atoms with Crippen molar-refractivity contribution in [1.82, 2.24) is 15.0 Å². The van der Waals surface area contributed by atoms with E-state index in [9.17, 15) is 4.79 Å². The third kappa shape index (κ3) is 1.38. The van der Waals surface area contributed by atoms with Gasteiger partial charge in [0.05, 0.1) is 12.7 Å². The minimum Gasteiger partial charge on any atom is -0.329 e. The molecule has 1 aromatic rings. The molecule has 5 heteroatoms. The second-order valence-electron chi connectivity index (χ2n) is 1.81. The molecule has 5 nitrogen and oxygen atoms in total. The van der Waals surface area contributed by atoms with Crippen molar-refractivity contribution in [3.8, 4) is 0 Å². The van der Waals surface area contributed by atoms with Crippen LogP contribution in [0.3, 0.4) is 0 Å². The highest BCUT2D eigenvalue weighted by atomic mass is 16.1. The summed E-state index contributed by atoms with van der Waals surface area (Å²) in [6, 6.07) is 0. The first-order valence-electron chi connectivity index (χ1n) is 2.92. The average molecular weight is 140 g/mol. The van der Waals surface area contributed by atoms with Gasteiger partial charge >= 0.3 is 0 Å². The second kappa shape index (κ2) is 3.07. The predicted molar refractivity (Wildman–Crippen MR) is 34.5 cm³/mol. The Bertz CT molecular complexity index is 219. The second-order valence-corrected chi connectivity index (χ2v) is 1.81. The van der Waals surface area contributed by atoms with E-state index in [0.29, 0.717) is 25.1 Å². The van der Waals surface area contributed by atoms with E-state index in [-0.39, 0.29) is 0 Å². The summed E-state index contributed by atoms with van der Waals surface area (Å²) in [6.07, 6.45) is 2.21. The Morgan fingerprint density at radius 3 is 3.10 bits per heavy atom. The Hall–Kier alpha value is -1.23. The van der Waals surface area contributed by atoms with Gasteiger partial charge in [-0.25, -0.2) is 0 Å². The van der Waals surface area contributed by atoms with Gasteiger partial charge in [0.1, 0.15) is 5.69 Å². The fourth-order valence-electron chi connectivity index (χ4n) is 0.609. The molecule has 0 unspecified atom stereocenters. The Kier molecular flexibility index (Phi) is 2.11. The van der Waals surface area contributed by atoms with Gasteiger partial charge in [-0.2, -0.15) is 0 Å². The molecule has 0 aliphatic rings. The first-order chi connectivity index (χ1) is 4.86. The number of carbonyl (C=O) groups excluding carboxylic acids is 1. The molecule has 0 aliphatic heterocycles. The summed E-state index contributed by atoms with van der Waals surface area (Å²) in [5.74, 6) is 0. The minimum atomic E-state index is 0.341. The van der Waals surface area contributed by atoms with E-state index < -0.39 is 0 Å². The van der Waals surface area contributed by atoms with E-state index >= 15 is 0 Å². The Labute approximate surface area is 57.8 Å². The Morgan fingerprint density at radius 2 is 2.60 bits per heavy atom. The van der Waals surface area contributed by atoms with E-state index in [0.717, 1.165) is 0 Å². The van der Waals surface area contributed by atoms with Crippen LogP contribution in [0.5, 0.6) is 0 Å². The van der Waals surface area contributed by atoms with Gasteiger partial charge in [0.15, 0.2) is 6.29 Å². The standard InChI is InChI=1S/C5H8N4O/c6-1-2-9-3-5(4-10)7-8-9/h3-4H,1-2,6H2. The largest absolute Gasteiger partial charge is 0.329 e. The van der Waals surface area contributed by atoms with Gasteiger partial charge < -0.3 is 5.73 Å². The predicted octanol–water partition coefficient (Wildman–Crippen LogP) is -0.951. The molecule has 0 atom stereocenters. The summed E-state index contributed by atoms with van der Waals surface area (Å²) in [6.45, 7) is 1.10. The Balaban J connectivity index is 2.68. The van der Waals surface area contributed by atoms with Crippen LogP contribution >= 0.6 is 0 Å². The third-order valence-corrected chi connectivity index (χ3v) is 1.04. The van der Waals surface area contributed by atoms with Gasteiger partial charge in [0, 0.05) is 6.54 Å². The van der Waals surface area contributed by atoms with Gasteiger partial charge in [0.2, 0.25) is 0 Å². The molecule has 1 heterocycles. The number of nitrogens with zero attached hydrogens (tertiary/aromatic N) is 3. The first-order valence-corrected chi connectivity index (χ1v) is 2.92. The zero-order valence-electron chi connectivity index (χ0n) is 5.40. The summed E-state index contributed by atoms with van der Waals surface area (Å²) in [5, 5.41) is 7.17. The van der Waals surface area contributed by atoms with Crippen LogP contribution in [-0.4, -0.2) is 27.8 Å².